The van der Waals surface area contributed by atoms with E-state index >= 15 is 0 Å². The Hall–Kier alpha value is -1.06. The van der Waals surface area contributed by atoms with Crippen LogP contribution in [-0.2, 0) is 0 Å². The third-order valence-electron chi connectivity index (χ3n) is 1.94. The Labute approximate surface area is 81.1 Å². The van der Waals surface area contributed by atoms with E-state index < -0.39 is 7.94 Å². The normalized spacial score (nSPS) is 11.9. The quantitative estimate of drug-likeness (QED) is 0.602. The summed E-state index contributed by atoms with van der Waals surface area (Å²) in [7, 11) is -4.02. The molecular formula is C9H9NO3P+. The van der Waals surface area contributed by atoms with Crippen LogP contribution in [0.3, 0.4) is 0 Å². The summed E-state index contributed by atoms with van der Waals surface area (Å²) in [6.45, 7) is 0. The van der Waals surface area contributed by atoms with Crippen molar-refractivity contribution < 1.29 is 14.7 Å². The van der Waals surface area contributed by atoms with Gasteiger partial charge in [-0.25, -0.2) is 4.98 Å². The van der Waals surface area contributed by atoms with Crippen LogP contribution in [0.25, 0.3) is 10.8 Å². The van der Waals surface area contributed by atoms with Crippen molar-refractivity contribution in [2.75, 3.05) is 0 Å². The molecule has 1 aromatic carbocycles. The van der Waals surface area contributed by atoms with Crippen LogP contribution in [0.5, 0.6) is 0 Å². The number of rotatable bonds is 1. The minimum atomic E-state index is -4.02. The van der Waals surface area contributed by atoms with E-state index in [0.717, 1.165) is 5.39 Å². The van der Waals surface area contributed by atoms with Crippen LogP contribution >= 0.6 is 7.94 Å². The molecule has 0 saturated carbocycles. The van der Waals surface area contributed by atoms with Crippen molar-refractivity contribution >= 4 is 24.2 Å². The molecule has 72 valence electrons. The lowest BCUT2D eigenvalue weighted by atomic mass is 10.2. The fourth-order valence-electron chi connectivity index (χ4n) is 1.34. The number of hydrogen-bond acceptors (Lipinski definition) is 4. The Morgan fingerprint density at radius 1 is 1.00 bits per heavy atom. The van der Waals surface area contributed by atoms with Crippen LogP contribution in [0.1, 0.15) is 0 Å². The monoisotopic (exact) mass is 210 g/mol. The van der Waals surface area contributed by atoms with Gasteiger partial charge in [-0.2, -0.15) is 14.7 Å². The third kappa shape index (κ3) is 1.61. The number of hydrogen-bond donors (Lipinski definition) is 3. The zero-order valence-corrected chi connectivity index (χ0v) is 8.09. The van der Waals surface area contributed by atoms with Crippen LogP contribution in [0, 0.1) is 0 Å². The highest BCUT2D eigenvalue weighted by Crippen LogP contribution is 2.43. The second-order valence-corrected chi connectivity index (χ2v) is 4.48. The molecule has 0 aliphatic heterocycles. The Morgan fingerprint density at radius 3 is 2.43 bits per heavy atom. The highest BCUT2D eigenvalue weighted by molar-refractivity contribution is 7.67. The molecule has 1 aromatic heterocycles. The third-order valence-corrected chi connectivity index (χ3v) is 2.86. The van der Waals surface area contributed by atoms with Crippen molar-refractivity contribution in [2.24, 2.45) is 0 Å². The average Bonchev–Trinajstić information content (AvgIpc) is 2.15. The Balaban J connectivity index is 2.78. The van der Waals surface area contributed by atoms with E-state index in [1.165, 1.54) is 6.20 Å². The lowest BCUT2D eigenvalue weighted by Crippen LogP contribution is -2.14. The van der Waals surface area contributed by atoms with Gasteiger partial charge in [0.25, 0.3) is 5.44 Å². The van der Waals surface area contributed by atoms with Crippen LogP contribution < -0.4 is 5.44 Å². The number of fused-ring (bicyclic) bond motifs is 1. The second kappa shape index (κ2) is 3.26. The van der Waals surface area contributed by atoms with Gasteiger partial charge in [-0.05, 0) is 17.5 Å². The standard InChI is InChI=1S/C9H9NO3P/c11-14(12,13)9-8-4-2-1-3-7(8)5-6-10-9/h1-6,11-13H/q+1. The molecule has 0 unspecified atom stereocenters. The molecule has 1 heterocycles. The van der Waals surface area contributed by atoms with Gasteiger partial charge in [0.2, 0.25) is 0 Å². The Kier molecular flexibility index (Phi) is 2.21. The van der Waals surface area contributed by atoms with E-state index in [4.69, 9.17) is 14.7 Å². The molecule has 0 radical (unpaired) electrons. The number of nitrogens with zero attached hydrogens (tertiary/aromatic N) is 1. The SMILES string of the molecule is O[P+](O)(O)c1nccc2ccccc12. The first kappa shape index (κ1) is 9.49. The molecule has 0 bridgehead atoms. The number of aromatic nitrogens is 1. The zero-order valence-electron chi connectivity index (χ0n) is 7.20. The minimum Gasteiger partial charge on any atom is -0.215 e. The maximum absolute atomic E-state index is 9.15. The first-order valence-corrected chi connectivity index (χ1v) is 5.65. The van der Waals surface area contributed by atoms with Gasteiger partial charge in [-0.1, -0.05) is 18.2 Å². The molecule has 0 fully saturated rings. The summed E-state index contributed by atoms with van der Waals surface area (Å²) in [5.41, 5.74) is -0.0457. The molecule has 0 aliphatic rings. The minimum absolute atomic E-state index is 0.0457. The molecule has 14 heavy (non-hydrogen) atoms. The zero-order chi connectivity index (χ0) is 10.2. The molecule has 0 atom stereocenters. The number of benzene rings is 1. The van der Waals surface area contributed by atoms with Gasteiger partial charge in [0.15, 0.2) is 0 Å². The largest absolute Gasteiger partial charge is 0.461 e. The van der Waals surface area contributed by atoms with E-state index in [1.54, 1.807) is 18.2 Å². The molecule has 2 aromatic rings. The lowest BCUT2D eigenvalue weighted by molar-refractivity contribution is 0.346. The summed E-state index contributed by atoms with van der Waals surface area (Å²) >= 11 is 0. The van der Waals surface area contributed by atoms with Crippen molar-refractivity contribution in [3.8, 4) is 0 Å². The summed E-state index contributed by atoms with van der Waals surface area (Å²) in [5, 5.41) is 1.38. The van der Waals surface area contributed by atoms with Crippen LogP contribution in [-0.4, -0.2) is 19.7 Å². The van der Waals surface area contributed by atoms with Crippen LogP contribution in [0.15, 0.2) is 36.5 Å². The highest BCUT2D eigenvalue weighted by atomic mass is 31.2. The van der Waals surface area contributed by atoms with Crippen molar-refractivity contribution in [1.29, 1.82) is 0 Å². The van der Waals surface area contributed by atoms with Crippen LogP contribution in [0.4, 0.5) is 0 Å². The maximum atomic E-state index is 9.15. The molecule has 2 rings (SSSR count). The molecule has 0 saturated heterocycles. The van der Waals surface area contributed by atoms with Crippen LogP contribution in [0.2, 0.25) is 0 Å². The smallest absolute Gasteiger partial charge is 0.215 e. The summed E-state index contributed by atoms with van der Waals surface area (Å²) in [4.78, 5) is 31.2. The molecule has 5 heteroatoms. The summed E-state index contributed by atoms with van der Waals surface area (Å²) in [5.74, 6) is 0. The van der Waals surface area contributed by atoms with Gasteiger partial charge < -0.3 is 0 Å². The van der Waals surface area contributed by atoms with Gasteiger partial charge >= 0.3 is 7.94 Å². The Morgan fingerprint density at radius 2 is 1.71 bits per heavy atom. The fraction of sp³-hybridized carbons (Fsp3) is 0. The van der Waals surface area contributed by atoms with E-state index in [1.807, 2.05) is 12.1 Å². The second-order valence-electron chi connectivity index (χ2n) is 2.92. The molecule has 0 amide bonds. The molecule has 0 aliphatic carbocycles. The fourth-order valence-corrected chi connectivity index (χ4v) is 2.09. The lowest BCUT2D eigenvalue weighted by Gasteiger charge is -2.04. The molecule has 0 spiro atoms. The summed E-state index contributed by atoms with van der Waals surface area (Å²) < 4.78 is 0. The summed E-state index contributed by atoms with van der Waals surface area (Å²) in [6.07, 6.45) is 1.44. The average molecular weight is 210 g/mol. The first-order chi connectivity index (χ1) is 6.59. The predicted molar refractivity (Wildman–Crippen MR) is 55.0 cm³/mol. The van der Waals surface area contributed by atoms with Crippen molar-refractivity contribution in [1.82, 2.24) is 4.98 Å². The van der Waals surface area contributed by atoms with Gasteiger partial charge in [-0.15, -0.1) is 0 Å². The Bertz CT molecular complexity index is 462. The van der Waals surface area contributed by atoms with Gasteiger partial charge in [0, 0.05) is 6.20 Å². The van der Waals surface area contributed by atoms with Gasteiger partial charge in [0.1, 0.15) is 0 Å². The van der Waals surface area contributed by atoms with Crippen molar-refractivity contribution in [3.05, 3.63) is 36.5 Å². The van der Waals surface area contributed by atoms with Crippen molar-refractivity contribution in [3.63, 3.8) is 0 Å². The molecular weight excluding hydrogens is 201 g/mol. The van der Waals surface area contributed by atoms with E-state index in [9.17, 15) is 0 Å². The topological polar surface area (TPSA) is 73.6 Å². The molecule has 3 N–H and O–H groups in total. The highest BCUT2D eigenvalue weighted by Gasteiger charge is 2.38. The number of pyridine rings is 1. The maximum Gasteiger partial charge on any atom is 0.461 e. The van der Waals surface area contributed by atoms with Gasteiger partial charge in [-0.3, -0.25) is 0 Å². The van der Waals surface area contributed by atoms with Gasteiger partial charge in [0.05, 0.1) is 5.39 Å². The summed E-state index contributed by atoms with van der Waals surface area (Å²) in [6, 6.07) is 8.83. The molecule has 4 nitrogen and oxygen atoms in total. The van der Waals surface area contributed by atoms with E-state index in [-0.39, 0.29) is 5.44 Å². The van der Waals surface area contributed by atoms with Crippen molar-refractivity contribution in [2.45, 2.75) is 0 Å². The van der Waals surface area contributed by atoms with E-state index in [2.05, 4.69) is 4.98 Å². The first-order valence-electron chi connectivity index (χ1n) is 4.00. The van der Waals surface area contributed by atoms with E-state index in [0.29, 0.717) is 5.39 Å². The predicted octanol–water partition coefficient (Wildman–Crippen LogP) is 0.600.